The van der Waals surface area contributed by atoms with E-state index in [1.807, 2.05) is 0 Å². The maximum absolute atomic E-state index is 13.2. The topological polar surface area (TPSA) is 70.2 Å². The molecular formula is C12H8FNO3. The van der Waals surface area contributed by atoms with Crippen molar-refractivity contribution in [3.8, 4) is 11.3 Å². The minimum atomic E-state index is -1.34. The molecule has 17 heavy (non-hydrogen) atoms. The summed E-state index contributed by atoms with van der Waals surface area (Å²) in [5, 5.41) is 8.78. The molecule has 0 fully saturated rings. The van der Waals surface area contributed by atoms with Crippen molar-refractivity contribution < 1.29 is 14.3 Å². The van der Waals surface area contributed by atoms with E-state index in [2.05, 4.69) is 4.98 Å². The first-order chi connectivity index (χ1) is 8.08. The van der Waals surface area contributed by atoms with Gasteiger partial charge >= 0.3 is 5.97 Å². The van der Waals surface area contributed by atoms with Crippen LogP contribution in [0.25, 0.3) is 11.3 Å². The Kier molecular flexibility index (Phi) is 2.74. The molecule has 0 bridgehead atoms. The van der Waals surface area contributed by atoms with Crippen molar-refractivity contribution in [3.05, 3.63) is 58.1 Å². The second-order valence-corrected chi connectivity index (χ2v) is 3.43. The van der Waals surface area contributed by atoms with Gasteiger partial charge in [-0.15, -0.1) is 0 Å². The van der Waals surface area contributed by atoms with Crippen LogP contribution in [0.3, 0.4) is 0 Å². The number of halogens is 1. The summed E-state index contributed by atoms with van der Waals surface area (Å²) in [6.07, 6.45) is 0. The van der Waals surface area contributed by atoms with Crippen LogP contribution in [0.1, 0.15) is 10.4 Å². The number of carbonyl (C=O) groups is 1. The van der Waals surface area contributed by atoms with Crippen molar-refractivity contribution >= 4 is 5.97 Å². The van der Waals surface area contributed by atoms with E-state index in [-0.39, 0.29) is 5.56 Å². The largest absolute Gasteiger partial charge is 0.478 e. The number of rotatable bonds is 2. The predicted molar refractivity (Wildman–Crippen MR) is 59.4 cm³/mol. The second-order valence-electron chi connectivity index (χ2n) is 3.43. The van der Waals surface area contributed by atoms with Gasteiger partial charge in [-0.25, -0.2) is 9.18 Å². The number of aromatic amines is 1. The summed E-state index contributed by atoms with van der Waals surface area (Å²) in [4.78, 5) is 24.4. The van der Waals surface area contributed by atoms with Gasteiger partial charge in [0.15, 0.2) is 0 Å². The van der Waals surface area contributed by atoms with E-state index in [1.54, 1.807) is 6.07 Å². The molecule has 1 aromatic carbocycles. The minimum absolute atomic E-state index is 0.302. The summed E-state index contributed by atoms with van der Waals surface area (Å²) in [7, 11) is 0. The first-order valence-corrected chi connectivity index (χ1v) is 4.80. The van der Waals surface area contributed by atoms with E-state index in [0.717, 1.165) is 6.07 Å². The molecule has 0 atom stereocenters. The third kappa shape index (κ3) is 2.23. The zero-order valence-corrected chi connectivity index (χ0v) is 8.61. The maximum Gasteiger partial charge on any atom is 0.338 e. The fourth-order valence-corrected chi connectivity index (χ4v) is 1.47. The van der Waals surface area contributed by atoms with Gasteiger partial charge in [-0.2, -0.15) is 0 Å². The molecule has 0 aliphatic heterocycles. The normalized spacial score (nSPS) is 10.2. The minimum Gasteiger partial charge on any atom is -0.478 e. The average molecular weight is 233 g/mol. The number of carboxylic acids is 1. The van der Waals surface area contributed by atoms with Crippen LogP contribution in [0.5, 0.6) is 0 Å². The van der Waals surface area contributed by atoms with Crippen LogP contribution in [-0.4, -0.2) is 16.1 Å². The standard InChI is InChI=1S/C12H8FNO3/c13-9-5-4-7(6-8(9)12(16)17)10-2-1-3-11(15)14-10/h1-6H,(H,14,15)(H,16,17). The number of H-pyrrole nitrogens is 1. The van der Waals surface area contributed by atoms with Gasteiger partial charge in [0.25, 0.3) is 0 Å². The van der Waals surface area contributed by atoms with Crippen LogP contribution in [0.2, 0.25) is 0 Å². The summed E-state index contributed by atoms with van der Waals surface area (Å²) in [5.41, 5.74) is 0.164. The Balaban J connectivity index is 2.57. The molecule has 0 aliphatic carbocycles. The fraction of sp³-hybridized carbons (Fsp3) is 0. The first kappa shape index (κ1) is 11.1. The Hall–Kier alpha value is -2.43. The highest BCUT2D eigenvalue weighted by Gasteiger charge is 2.11. The van der Waals surface area contributed by atoms with E-state index in [9.17, 15) is 14.0 Å². The molecule has 4 nitrogen and oxygen atoms in total. The molecule has 0 unspecified atom stereocenters. The van der Waals surface area contributed by atoms with E-state index < -0.39 is 17.3 Å². The van der Waals surface area contributed by atoms with Gasteiger partial charge in [-0.05, 0) is 29.8 Å². The van der Waals surface area contributed by atoms with E-state index in [1.165, 1.54) is 24.3 Å². The number of nitrogens with one attached hydrogen (secondary N) is 1. The molecule has 2 N–H and O–H groups in total. The van der Waals surface area contributed by atoms with Crippen molar-refractivity contribution in [2.75, 3.05) is 0 Å². The van der Waals surface area contributed by atoms with Gasteiger partial charge in [0.05, 0.1) is 5.56 Å². The second kappa shape index (κ2) is 4.21. The van der Waals surface area contributed by atoms with Gasteiger partial charge in [-0.3, -0.25) is 4.79 Å². The van der Waals surface area contributed by atoms with E-state index >= 15 is 0 Å². The SMILES string of the molecule is O=C(O)c1cc(-c2cccc(=O)[nH]2)ccc1F. The highest BCUT2D eigenvalue weighted by molar-refractivity contribution is 5.89. The molecule has 0 saturated heterocycles. The third-order valence-electron chi connectivity index (χ3n) is 2.28. The number of aromatic nitrogens is 1. The van der Waals surface area contributed by atoms with Gasteiger partial charge in [-0.1, -0.05) is 6.07 Å². The quantitative estimate of drug-likeness (QED) is 0.831. The van der Waals surface area contributed by atoms with Crippen LogP contribution in [0.4, 0.5) is 4.39 Å². The van der Waals surface area contributed by atoms with Crippen LogP contribution in [0.15, 0.2) is 41.2 Å². The maximum atomic E-state index is 13.2. The first-order valence-electron chi connectivity index (χ1n) is 4.80. The molecule has 2 rings (SSSR count). The molecular weight excluding hydrogens is 225 g/mol. The van der Waals surface area contributed by atoms with Crippen molar-refractivity contribution in [2.24, 2.45) is 0 Å². The Morgan fingerprint density at radius 3 is 2.65 bits per heavy atom. The molecule has 0 saturated carbocycles. The number of aromatic carboxylic acids is 1. The molecule has 2 aromatic rings. The van der Waals surface area contributed by atoms with Crippen LogP contribution in [0, 0.1) is 5.82 Å². The van der Waals surface area contributed by atoms with Gasteiger partial charge in [0.2, 0.25) is 5.56 Å². The smallest absolute Gasteiger partial charge is 0.338 e. The molecule has 0 radical (unpaired) electrons. The molecule has 0 amide bonds. The lowest BCUT2D eigenvalue weighted by molar-refractivity contribution is 0.0692. The van der Waals surface area contributed by atoms with Crippen LogP contribution < -0.4 is 5.56 Å². The number of hydrogen-bond donors (Lipinski definition) is 2. The van der Waals surface area contributed by atoms with Crippen LogP contribution >= 0.6 is 0 Å². The molecule has 1 heterocycles. The number of hydrogen-bond acceptors (Lipinski definition) is 2. The molecule has 5 heteroatoms. The zero-order chi connectivity index (χ0) is 12.4. The van der Waals surface area contributed by atoms with Crippen molar-refractivity contribution in [1.82, 2.24) is 4.98 Å². The van der Waals surface area contributed by atoms with Gasteiger partial charge in [0.1, 0.15) is 5.82 Å². The van der Waals surface area contributed by atoms with E-state index in [4.69, 9.17) is 5.11 Å². The van der Waals surface area contributed by atoms with Crippen molar-refractivity contribution in [3.63, 3.8) is 0 Å². The Morgan fingerprint density at radius 2 is 2.00 bits per heavy atom. The summed E-state index contributed by atoms with van der Waals surface area (Å²) in [6.45, 7) is 0. The van der Waals surface area contributed by atoms with Gasteiger partial charge < -0.3 is 10.1 Å². The summed E-state index contributed by atoms with van der Waals surface area (Å²) < 4.78 is 13.2. The lowest BCUT2D eigenvalue weighted by Gasteiger charge is -2.03. The fourth-order valence-electron chi connectivity index (χ4n) is 1.47. The van der Waals surface area contributed by atoms with E-state index in [0.29, 0.717) is 11.3 Å². The number of benzene rings is 1. The summed E-state index contributed by atoms with van der Waals surface area (Å²) >= 11 is 0. The summed E-state index contributed by atoms with van der Waals surface area (Å²) in [5.74, 6) is -2.15. The Morgan fingerprint density at radius 1 is 1.24 bits per heavy atom. The Labute approximate surface area is 95.4 Å². The van der Waals surface area contributed by atoms with Crippen molar-refractivity contribution in [1.29, 1.82) is 0 Å². The molecule has 86 valence electrons. The average Bonchev–Trinajstić information content (AvgIpc) is 2.29. The predicted octanol–water partition coefficient (Wildman–Crippen LogP) is 1.88. The monoisotopic (exact) mass is 233 g/mol. The Bertz CT molecular complexity index is 634. The lowest BCUT2D eigenvalue weighted by Crippen LogP contribution is -2.05. The zero-order valence-electron chi connectivity index (χ0n) is 8.61. The number of pyridine rings is 1. The number of carboxylic acid groups (broad SMARTS) is 1. The summed E-state index contributed by atoms with van der Waals surface area (Å²) in [6, 6.07) is 8.14. The molecule has 1 aromatic heterocycles. The molecule has 0 spiro atoms. The third-order valence-corrected chi connectivity index (χ3v) is 2.28. The highest BCUT2D eigenvalue weighted by atomic mass is 19.1. The highest BCUT2D eigenvalue weighted by Crippen LogP contribution is 2.19. The van der Waals surface area contributed by atoms with Crippen molar-refractivity contribution in [2.45, 2.75) is 0 Å². The molecule has 0 aliphatic rings. The van der Waals surface area contributed by atoms with Gasteiger partial charge in [0, 0.05) is 11.8 Å². The lowest BCUT2D eigenvalue weighted by atomic mass is 10.1. The van der Waals surface area contributed by atoms with Crippen LogP contribution in [-0.2, 0) is 0 Å².